The van der Waals surface area contributed by atoms with Crippen molar-refractivity contribution in [1.29, 1.82) is 0 Å². The molecule has 4 aromatic rings. The number of nitrogens with zero attached hydrogens (tertiary/aromatic N) is 1. The predicted molar refractivity (Wildman–Crippen MR) is 109 cm³/mol. The molecular formula is C22H19ClN2O. The van der Waals surface area contributed by atoms with E-state index in [9.17, 15) is 5.11 Å². The number of hydrogen-bond donors (Lipinski definition) is 2. The number of rotatable bonds is 2. The Kier molecular flexibility index (Phi) is 3.57. The molecule has 1 saturated heterocycles. The summed E-state index contributed by atoms with van der Waals surface area (Å²) in [6.45, 7) is 2.09. The van der Waals surface area contributed by atoms with Crippen LogP contribution in [0.4, 0.5) is 5.69 Å². The number of hydrogen-bond acceptors (Lipinski definition) is 2. The Bertz CT molecular complexity index is 1110. The van der Waals surface area contributed by atoms with Crippen LogP contribution in [-0.4, -0.2) is 23.2 Å². The highest BCUT2D eigenvalue weighted by Crippen LogP contribution is 2.44. The van der Waals surface area contributed by atoms with Crippen LogP contribution in [-0.2, 0) is 0 Å². The van der Waals surface area contributed by atoms with E-state index >= 15 is 0 Å². The second kappa shape index (κ2) is 5.96. The van der Waals surface area contributed by atoms with E-state index in [4.69, 9.17) is 11.6 Å². The van der Waals surface area contributed by atoms with Crippen LogP contribution in [0.5, 0.6) is 5.75 Å². The van der Waals surface area contributed by atoms with Gasteiger partial charge < -0.3 is 15.0 Å². The molecule has 2 heterocycles. The number of anilines is 1. The Hall–Kier alpha value is -2.65. The van der Waals surface area contributed by atoms with E-state index in [0.717, 1.165) is 51.0 Å². The first-order chi connectivity index (χ1) is 12.7. The summed E-state index contributed by atoms with van der Waals surface area (Å²) in [4.78, 5) is 6.08. The molecule has 1 aliphatic rings. The van der Waals surface area contributed by atoms with E-state index in [1.165, 1.54) is 18.5 Å². The van der Waals surface area contributed by atoms with Crippen molar-refractivity contribution < 1.29 is 5.11 Å². The van der Waals surface area contributed by atoms with Crippen LogP contribution in [0.2, 0.25) is 5.02 Å². The summed E-state index contributed by atoms with van der Waals surface area (Å²) < 4.78 is 0. The van der Waals surface area contributed by atoms with E-state index < -0.39 is 0 Å². The van der Waals surface area contributed by atoms with Gasteiger partial charge in [0.05, 0.1) is 16.9 Å². The lowest BCUT2D eigenvalue weighted by Gasteiger charge is -2.19. The van der Waals surface area contributed by atoms with E-state index in [0.29, 0.717) is 5.75 Å². The zero-order chi connectivity index (χ0) is 17.7. The van der Waals surface area contributed by atoms with Gasteiger partial charge in [0.2, 0.25) is 0 Å². The summed E-state index contributed by atoms with van der Waals surface area (Å²) >= 11 is 6.09. The molecule has 0 radical (unpaired) electrons. The van der Waals surface area contributed by atoms with Crippen LogP contribution in [0.15, 0.2) is 54.6 Å². The Balaban J connectivity index is 1.86. The summed E-state index contributed by atoms with van der Waals surface area (Å²) in [7, 11) is 0. The summed E-state index contributed by atoms with van der Waals surface area (Å²) in [5, 5.41) is 14.3. The quantitative estimate of drug-likeness (QED) is 0.462. The van der Waals surface area contributed by atoms with E-state index in [1.54, 1.807) is 0 Å². The first-order valence-electron chi connectivity index (χ1n) is 8.99. The number of phenolic OH excluding ortho intramolecular Hbond substituents is 1. The number of phenols is 1. The van der Waals surface area contributed by atoms with Gasteiger partial charge in [-0.2, -0.15) is 0 Å². The fraction of sp³-hybridized carbons (Fsp3) is 0.182. The molecule has 130 valence electrons. The van der Waals surface area contributed by atoms with Gasteiger partial charge in [-0.3, -0.25) is 0 Å². The number of aromatic amines is 1. The number of benzene rings is 3. The number of fused-ring (bicyclic) bond motifs is 3. The van der Waals surface area contributed by atoms with Gasteiger partial charge in [-0.05, 0) is 31.0 Å². The molecule has 0 spiro atoms. The highest BCUT2D eigenvalue weighted by molar-refractivity contribution is 6.30. The maximum absolute atomic E-state index is 10.6. The van der Waals surface area contributed by atoms with E-state index in [2.05, 4.69) is 28.1 Å². The number of H-pyrrole nitrogens is 1. The van der Waals surface area contributed by atoms with Gasteiger partial charge in [-0.25, -0.2) is 0 Å². The van der Waals surface area contributed by atoms with Crippen LogP contribution >= 0.6 is 11.6 Å². The molecule has 4 heteroatoms. The summed E-state index contributed by atoms with van der Waals surface area (Å²) in [6, 6.07) is 17.8. The van der Waals surface area contributed by atoms with Crippen LogP contribution in [0, 0.1) is 0 Å². The number of nitrogens with one attached hydrogen (secondary N) is 1. The highest BCUT2D eigenvalue weighted by atomic mass is 35.5. The van der Waals surface area contributed by atoms with E-state index in [1.807, 2.05) is 36.4 Å². The zero-order valence-corrected chi connectivity index (χ0v) is 15.1. The number of aromatic hydroxyl groups is 1. The number of halogens is 1. The average Bonchev–Trinajstić information content (AvgIpc) is 3.30. The first kappa shape index (κ1) is 15.6. The standard InChI is InChI=1S/C22H19ClN2O/c23-15-9-7-14(8-10-15)20-22(25-11-3-4-12-25)18-13-19(26)16-5-1-2-6-17(16)21(18)24-20/h1-2,5-10,13,24,26H,3-4,11-12H2. The Morgan fingerprint density at radius 3 is 2.31 bits per heavy atom. The summed E-state index contributed by atoms with van der Waals surface area (Å²) in [5.74, 6) is 0.329. The van der Waals surface area contributed by atoms with Gasteiger partial charge in [-0.15, -0.1) is 0 Å². The molecule has 1 aromatic heterocycles. The number of aromatic nitrogens is 1. The lowest BCUT2D eigenvalue weighted by Crippen LogP contribution is -2.18. The summed E-state index contributed by atoms with van der Waals surface area (Å²) in [5.41, 5.74) is 4.46. The molecule has 2 N–H and O–H groups in total. The summed E-state index contributed by atoms with van der Waals surface area (Å²) in [6.07, 6.45) is 2.40. The van der Waals surface area contributed by atoms with Gasteiger partial charge in [0.15, 0.2) is 0 Å². The lowest BCUT2D eigenvalue weighted by molar-refractivity contribution is 0.482. The monoisotopic (exact) mass is 362 g/mol. The molecule has 0 aliphatic carbocycles. The molecule has 0 saturated carbocycles. The predicted octanol–water partition coefficient (Wildman–Crippen LogP) is 5.95. The molecule has 3 nitrogen and oxygen atoms in total. The maximum Gasteiger partial charge on any atom is 0.124 e. The van der Waals surface area contributed by atoms with Gasteiger partial charge >= 0.3 is 0 Å². The SMILES string of the molecule is Oc1cc2c(N3CCCC3)c(-c3ccc(Cl)cc3)[nH]c2c2ccccc12. The average molecular weight is 363 g/mol. The molecular weight excluding hydrogens is 344 g/mol. The van der Waals surface area contributed by atoms with Crippen molar-refractivity contribution in [3.63, 3.8) is 0 Å². The molecule has 26 heavy (non-hydrogen) atoms. The van der Waals surface area contributed by atoms with Crippen molar-refractivity contribution >= 4 is 39.0 Å². The molecule has 1 aliphatic heterocycles. The normalized spacial score (nSPS) is 14.6. The smallest absolute Gasteiger partial charge is 0.124 e. The Morgan fingerprint density at radius 1 is 0.885 bits per heavy atom. The van der Waals surface area contributed by atoms with E-state index in [-0.39, 0.29) is 0 Å². The van der Waals surface area contributed by atoms with Gasteiger partial charge in [-0.1, -0.05) is 48.0 Å². The van der Waals surface area contributed by atoms with Crippen molar-refractivity contribution in [2.75, 3.05) is 18.0 Å². The lowest BCUT2D eigenvalue weighted by atomic mass is 10.0. The van der Waals surface area contributed by atoms with Gasteiger partial charge in [0.1, 0.15) is 5.75 Å². The van der Waals surface area contributed by atoms with Crippen LogP contribution in [0.25, 0.3) is 32.9 Å². The minimum Gasteiger partial charge on any atom is -0.507 e. The third-order valence-corrected chi connectivity index (χ3v) is 5.57. The highest BCUT2D eigenvalue weighted by Gasteiger charge is 2.23. The Morgan fingerprint density at radius 2 is 1.58 bits per heavy atom. The van der Waals surface area contributed by atoms with Crippen LogP contribution in [0.3, 0.4) is 0 Å². The molecule has 0 bridgehead atoms. The molecule has 0 amide bonds. The second-order valence-corrected chi connectivity index (χ2v) is 7.35. The fourth-order valence-corrected chi connectivity index (χ4v) is 4.22. The van der Waals surface area contributed by atoms with Crippen molar-refractivity contribution in [3.8, 4) is 17.0 Å². The molecule has 0 unspecified atom stereocenters. The topological polar surface area (TPSA) is 39.3 Å². The van der Waals surface area contributed by atoms with Crippen molar-refractivity contribution in [3.05, 3.63) is 59.6 Å². The van der Waals surface area contributed by atoms with Gasteiger partial charge in [0.25, 0.3) is 0 Å². The van der Waals surface area contributed by atoms with Crippen molar-refractivity contribution in [2.24, 2.45) is 0 Å². The van der Waals surface area contributed by atoms with Crippen LogP contribution < -0.4 is 4.90 Å². The fourth-order valence-electron chi connectivity index (χ4n) is 4.09. The zero-order valence-electron chi connectivity index (χ0n) is 14.3. The minimum absolute atomic E-state index is 0.329. The second-order valence-electron chi connectivity index (χ2n) is 6.91. The first-order valence-corrected chi connectivity index (χ1v) is 9.37. The third kappa shape index (κ3) is 2.35. The van der Waals surface area contributed by atoms with Crippen molar-refractivity contribution in [2.45, 2.75) is 12.8 Å². The van der Waals surface area contributed by atoms with Crippen molar-refractivity contribution in [1.82, 2.24) is 4.98 Å². The maximum atomic E-state index is 10.6. The largest absolute Gasteiger partial charge is 0.507 e. The minimum atomic E-state index is 0.329. The molecule has 5 rings (SSSR count). The molecule has 1 fully saturated rings. The van der Waals surface area contributed by atoms with Gasteiger partial charge in [0, 0.05) is 39.8 Å². The molecule has 3 aromatic carbocycles. The Labute approximate surface area is 156 Å². The molecule has 0 atom stereocenters. The van der Waals surface area contributed by atoms with Crippen LogP contribution in [0.1, 0.15) is 12.8 Å². The third-order valence-electron chi connectivity index (χ3n) is 5.32.